The number of hydrogen-bond acceptors (Lipinski definition) is 3. The fourth-order valence-electron chi connectivity index (χ4n) is 1.95. The molecule has 0 fully saturated rings. The van der Waals surface area contributed by atoms with Crippen LogP contribution in [0.15, 0.2) is 41.1 Å². The predicted molar refractivity (Wildman–Crippen MR) is 77.7 cm³/mol. The van der Waals surface area contributed by atoms with E-state index >= 15 is 0 Å². The average molecular weight is 282 g/mol. The lowest BCUT2D eigenvalue weighted by atomic mass is 10.1. The van der Waals surface area contributed by atoms with Gasteiger partial charge in [-0.3, -0.25) is 0 Å². The van der Waals surface area contributed by atoms with Gasteiger partial charge in [-0.05, 0) is 54.6 Å². The largest absolute Gasteiger partial charge is 0.489 e. The van der Waals surface area contributed by atoms with Crippen molar-refractivity contribution in [3.8, 4) is 5.75 Å². The fourth-order valence-corrected chi connectivity index (χ4v) is 2.82. The Balaban J connectivity index is 2.08. The molecule has 0 aliphatic heterocycles. The normalized spacial score (nSPS) is 14.2. The zero-order valence-electron chi connectivity index (χ0n) is 10.4. The number of ether oxygens (including phenoxy) is 1. The average Bonchev–Trinajstić information content (AvgIpc) is 2.83. The minimum atomic E-state index is 0.0306. The molecule has 0 aliphatic rings. The SMILES string of the molecule is CNC(c1ccsc1)C(C)Oc1cccc(Cl)c1. The second kappa shape index (κ2) is 6.23. The Morgan fingerprint density at radius 2 is 2.17 bits per heavy atom. The lowest BCUT2D eigenvalue weighted by Gasteiger charge is -2.24. The van der Waals surface area contributed by atoms with E-state index in [1.54, 1.807) is 11.3 Å². The van der Waals surface area contributed by atoms with E-state index in [0.717, 1.165) is 5.75 Å². The Morgan fingerprint density at radius 3 is 2.78 bits per heavy atom. The molecule has 0 amide bonds. The minimum Gasteiger partial charge on any atom is -0.489 e. The molecule has 96 valence electrons. The lowest BCUT2D eigenvalue weighted by Crippen LogP contribution is -2.31. The number of nitrogens with one attached hydrogen (secondary N) is 1. The number of rotatable bonds is 5. The van der Waals surface area contributed by atoms with Crippen molar-refractivity contribution in [1.82, 2.24) is 5.32 Å². The molecule has 0 aliphatic carbocycles. The smallest absolute Gasteiger partial charge is 0.121 e. The molecule has 4 heteroatoms. The third-order valence-electron chi connectivity index (χ3n) is 2.80. The zero-order valence-corrected chi connectivity index (χ0v) is 12.0. The van der Waals surface area contributed by atoms with Gasteiger partial charge < -0.3 is 10.1 Å². The van der Waals surface area contributed by atoms with Crippen molar-refractivity contribution in [2.45, 2.75) is 19.1 Å². The molecule has 0 spiro atoms. The molecule has 1 aromatic heterocycles. The first-order chi connectivity index (χ1) is 8.70. The van der Waals surface area contributed by atoms with E-state index in [1.165, 1.54) is 5.56 Å². The minimum absolute atomic E-state index is 0.0306. The first kappa shape index (κ1) is 13.4. The van der Waals surface area contributed by atoms with Crippen LogP contribution in [0.1, 0.15) is 18.5 Å². The zero-order chi connectivity index (χ0) is 13.0. The van der Waals surface area contributed by atoms with Crippen LogP contribution in [0.4, 0.5) is 0 Å². The topological polar surface area (TPSA) is 21.3 Å². The van der Waals surface area contributed by atoms with E-state index < -0.39 is 0 Å². The molecule has 1 heterocycles. The van der Waals surface area contributed by atoms with Gasteiger partial charge in [0, 0.05) is 5.02 Å². The summed E-state index contributed by atoms with van der Waals surface area (Å²) in [6.07, 6.45) is 0.0306. The summed E-state index contributed by atoms with van der Waals surface area (Å²) in [5.74, 6) is 0.797. The molecule has 0 saturated carbocycles. The van der Waals surface area contributed by atoms with Crippen molar-refractivity contribution in [2.75, 3.05) is 7.05 Å². The van der Waals surface area contributed by atoms with Crippen LogP contribution in [-0.2, 0) is 0 Å². The van der Waals surface area contributed by atoms with E-state index in [2.05, 4.69) is 29.1 Å². The van der Waals surface area contributed by atoms with Gasteiger partial charge in [0.1, 0.15) is 11.9 Å². The highest BCUT2D eigenvalue weighted by molar-refractivity contribution is 7.07. The van der Waals surface area contributed by atoms with E-state index in [1.807, 2.05) is 31.3 Å². The van der Waals surface area contributed by atoms with Crippen molar-refractivity contribution >= 4 is 22.9 Å². The Morgan fingerprint density at radius 1 is 1.33 bits per heavy atom. The lowest BCUT2D eigenvalue weighted by molar-refractivity contribution is 0.175. The van der Waals surface area contributed by atoms with E-state index in [-0.39, 0.29) is 12.1 Å². The summed E-state index contributed by atoms with van der Waals surface area (Å²) in [4.78, 5) is 0. The standard InChI is InChI=1S/C14H16ClNOS/c1-10(14(16-2)11-6-7-18-9-11)17-13-5-3-4-12(15)8-13/h3-10,14,16H,1-2H3. The summed E-state index contributed by atoms with van der Waals surface area (Å²) in [5, 5.41) is 8.19. The summed E-state index contributed by atoms with van der Waals surface area (Å²) in [7, 11) is 1.94. The van der Waals surface area contributed by atoms with Gasteiger partial charge in [-0.25, -0.2) is 0 Å². The van der Waals surface area contributed by atoms with Crippen molar-refractivity contribution in [3.63, 3.8) is 0 Å². The van der Waals surface area contributed by atoms with Crippen LogP contribution in [0, 0.1) is 0 Å². The molecule has 2 aromatic rings. The summed E-state index contributed by atoms with van der Waals surface area (Å²) >= 11 is 7.64. The van der Waals surface area contributed by atoms with Crippen LogP contribution < -0.4 is 10.1 Å². The maximum absolute atomic E-state index is 5.95. The molecular weight excluding hydrogens is 266 g/mol. The quantitative estimate of drug-likeness (QED) is 0.890. The van der Waals surface area contributed by atoms with Crippen molar-refractivity contribution in [2.24, 2.45) is 0 Å². The van der Waals surface area contributed by atoms with Gasteiger partial charge in [-0.2, -0.15) is 11.3 Å². The molecule has 0 saturated heterocycles. The molecule has 1 N–H and O–H groups in total. The molecule has 2 atom stereocenters. The number of benzene rings is 1. The predicted octanol–water partition coefficient (Wildman–Crippen LogP) is 4.13. The van der Waals surface area contributed by atoms with E-state index in [0.29, 0.717) is 5.02 Å². The maximum Gasteiger partial charge on any atom is 0.121 e. The highest BCUT2D eigenvalue weighted by Gasteiger charge is 2.19. The second-order valence-corrected chi connectivity index (χ2v) is 5.32. The van der Waals surface area contributed by atoms with Gasteiger partial charge in [-0.15, -0.1) is 0 Å². The molecule has 2 rings (SSSR count). The summed E-state index contributed by atoms with van der Waals surface area (Å²) in [6, 6.07) is 9.77. The maximum atomic E-state index is 5.95. The summed E-state index contributed by atoms with van der Waals surface area (Å²) < 4.78 is 5.93. The Bertz CT molecular complexity index is 486. The molecular formula is C14H16ClNOS. The molecule has 2 unspecified atom stereocenters. The molecule has 1 aromatic carbocycles. The highest BCUT2D eigenvalue weighted by atomic mass is 35.5. The van der Waals surface area contributed by atoms with Gasteiger partial charge in [-0.1, -0.05) is 17.7 Å². The third kappa shape index (κ3) is 3.25. The monoisotopic (exact) mass is 281 g/mol. The van der Waals surface area contributed by atoms with Crippen LogP contribution in [0.5, 0.6) is 5.75 Å². The van der Waals surface area contributed by atoms with Gasteiger partial charge in [0.2, 0.25) is 0 Å². The van der Waals surface area contributed by atoms with Crippen LogP contribution in [-0.4, -0.2) is 13.2 Å². The fraction of sp³-hybridized carbons (Fsp3) is 0.286. The summed E-state index contributed by atoms with van der Waals surface area (Å²) in [5.41, 5.74) is 1.25. The third-order valence-corrected chi connectivity index (χ3v) is 3.74. The van der Waals surface area contributed by atoms with Crippen LogP contribution in [0.25, 0.3) is 0 Å². The highest BCUT2D eigenvalue weighted by Crippen LogP contribution is 2.25. The van der Waals surface area contributed by atoms with Gasteiger partial charge >= 0.3 is 0 Å². The van der Waals surface area contributed by atoms with Crippen molar-refractivity contribution in [3.05, 3.63) is 51.7 Å². The summed E-state index contributed by atoms with van der Waals surface area (Å²) in [6.45, 7) is 2.06. The van der Waals surface area contributed by atoms with Crippen LogP contribution in [0.3, 0.4) is 0 Å². The molecule has 2 nitrogen and oxygen atoms in total. The number of halogens is 1. The Labute approximate surface area is 117 Å². The van der Waals surface area contributed by atoms with Crippen LogP contribution in [0.2, 0.25) is 5.02 Å². The number of thiophene rings is 1. The van der Waals surface area contributed by atoms with Gasteiger partial charge in [0.05, 0.1) is 6.04 Å². The first-order valence-electron chi connectivity index (χ1n) is 5.82. The van der Waals surface area contributed by atoms with Crippen LogP contribution >= 0.6 is 22.9 Å². The van der Waals surface area contributed by atoms with E-state index in [9.17, 15) is 0 Å². The van der Waals surface area contributed by atoms with Crippen molar-refractivity contribution < 1.29 is 4.74 Å². The van der Waals surface area contributed by atoms with Gasteiger partial charge in [0.25, 0.3) is 0 Å². The molecule has 0 bridgehead atoms. The second-order valence-electron chi connectivity index (χ2n) is 4.10. The van der Waals surface area contributed by atoms with Crippen molar-refractivity contribution in [1.29, 1.82) is 0 Å². The number of likely N-dealkylation sites (N-methyl/N-ethyl adjacent to an activating group) is 1. The van der Waals surface area contributed by atoms with E-state index in [4.69, 9.17) is 16.3 Å². The van der Waals surface area contributed by atoms with Gasteiger partial charge in [0.15, 0.2) is 0 Å². The number of hydrogen-bond donors (Lipinski definition) is 1. The molecule has 0 radical (unpaired) electrons. The first-order valence-corrected chi connectivity index (χ1v) is 7.14. The Kier molecular flexibility index (Phi) is 4.64. The molecule has 18 heavy (non-hydrogen) atoms. The Hall–Kier alpha value is -1.03.